The molecule has 1 fully saturated rings. The van der Waals surface area contributed by atoms with Gasteiger partial charge in [0.25, 0.3) is 5.91 Å². The first-order valence-electron chi connectivity index (χ1n) is 12.3. The number of rotatable bonds is 7. The second-order valence-electron chi connectivity index (χ2n) is 9.45. The molecule has 3 aromatic rings. The Hall–Kier alpha value is -3.36. The van der Waals surface area contributed by atoms with Gasteiger partial charge in [0.15, 0.2) is 16.9 Å². The minimum absolute atomic E-state index is 0.128. The Morgan fingerprint density at radius 3 is 2.44 bits per heavy atom. The summed E-state index contributed by atoms with van der Waals surface area (Å²) in [6.45, 7) is 8.43. The monoisotopic (exact) mass is 492 g/mol. The van der Waals surface area contributed by atoms with Crippen molar-refractivity contribution in [3.63, 3.8) is 0 Å². The molecular formula is C28H32N2O6. The number of fused-ring (bicyclic) bond motifs is 2. The van der Waals surface area contributed by atoms with Gasteiger partial charge in [-0.05, 0) is 55.2 Å². The van der Waals surface area contributed by atoms with Gasteiger partial charge < -0.3 is 23.5 Å². The van der Waals surface area contributed by atoms with E-state index in [9.17, 15) is 9.59 Å². The fourth-order valence-electron chi connectivity index (χ4n) is 5.40. The molecule has 8 heteroatoms. The zero-order valence-corrected chi connectivity index (χ0v) is 21.3. The molecule has 2 aliphatic rings. The van der Waals surface area contributed by atoms with Crippen molar-refractivity contribution < 1.29 is 23.4 Å². The van der Waals surface area contributed by atoms with Gasteiger partial charge in [-0.2, -0.15) is 0 Å². The van der Waals surface area contributed by atoms with Crippen molar-refractivity contribution in [2.75, 3.05) is 53.6 Å². The van der Waals surface area contributed by atoms with Crippen LogP contribution in [0.3, 0.4) is 0 Å². The highest BCUT2D eigenvalue weighted by atomic mass is 16.5. The molecule has 190 valence electrons. The fourth-order valence-corrected chi connectivity index (χ4v) is 5.40. The number of morpholine rings is 1. The van der Waals surface area contributed by atoms with Gasteiger partial charge in [0.1, 0.15) is 5.58 Å². The van der Waals surface area contributed by atoms with Crippen LogP contribution in [0.15, 0.2) is 39.5 Å². The summed E-state index contributed by atoms with van der Waals surface area (Å²) in [7, 11) is 3.15. The van der Waals surface area contributed by atoms with Crippen LogP contribution in [0.25, 0.3) is 11.0 Å². The number of carbonyl (C=O) groups is 1. The largest absolute Gasteiger partial charge is 0.493 e. The van der Waals surface area contributed by atoms with Crippen molar-refractivity contribution in [2.45, 2.75) is 26.3 Å². The van der Waals surface area contributed by atoms with E-state index in [0.717, 1.165) is 56.0 Å². The number of hydrogen-bond donors (Lipinski definition) is 0. The first-order chi connectivity index (χ1) is 17.4. The number of hydrogen-bond acceptors (Lipinski definition) is 7. The molecule has 8 nitrogen and oxygen atoms in total. The van der Waals surface area contributed by atoms with E-state index in [4.69, 9.17) is 18.6 Å². The van der Waals surface area contributed by atoms with Gasteiger partial charge in [-0.15, -0.1) is 0 Å². The van der Waals surface area contributed by atoms with E-state index in [1.54, 1.807) is 25.2 Å². The van der Waals surface area contributed by atoms with E-state index >= 15 is 0 Å². The standard InChI is InChI=1S/C28H32N2O6/c1-17-14-18(2)23-22(15-17)36-27-24(26(23)31)25(19-6-7-20(33-3)21(16-19)34-4)30(28(27)32)9-5-8-29-10-12-35-13-11-29/h6-7,14-16,25H,5,8-13H2,1-4H3/t25-/m1/s1. The molecule has 36 heavy (non-hydrogen) atoms. The molecule has 0 aliphatic carbocycles. The molecule has 1 aromatic heterocycles. The number of carbonyl (C=O) groups excluding carboxylic acids is 1. The Morgan fingerprint density at radius 2 is 1.72 bits per heavy atom. The van der Waals surface area contributed by atoms with Crippen LogP contribution in [0.2, 0.25) is 0 Å². The molecule has 5 rings (SSSR count). The van der Waals surface area contributed by atoms with E-state index in [2.05, 4.69) is 4.90 Å². The minimum Gasteiger partial charge on any atom is -0.493 e. The van der Waals surface area contributed by atoms with Gasteiger partial charge in [0.2, 0.25) is 5.76 Å². The third kappa shape index (κ3) is 4.24. The van der Waals surface area contributed by atoms with E-state index in [0.29, 0.717) is 34.6 Å². The topological polar surface area (TPSA) is 81.5 Å². The molecule has 0 spiro atoms. The first kappa shape index (κ1) is 24.3. The summed E-state index contributed by atoms with van der Waals surface area (Å²) in [5, 5.41) is 0.521. The second kappa shape index (κ2) is 9.95. The lowest BCUT2D eigenvalue weighted by molar-refractivity contribution is 0.0353. The zero-order valence-electron chi connectivity index (χ0n) is 21.3. The quantitative estimate of drug-likeness (QED) is 0.498. The van der Waals surface area contributed by atoms with Gasteiger partial charge in [0.05, 0.1) is 44.4 Å². The minimum atomic E-state index is -0.571. The SMILES string of the molecule is COc1ccc([C@@H]2c3c(oc4cc(C)cc(C)c4c3=O)C(=O)N2CCCN2CCOCC2)cc1OC. The van der Waals surface area contributed by atoms with Crippen molar-refractivity contribution in [3.8, 4) is 11.5 Å². The van der Waals surface area contributed by atoms with Crippen molar-refractivity contribution in [3.05, 3.63) is 68.6 Å². The van der Waals surface area contributed by atoms with Gasteiger partial charge in [-0.25, -0.2) is 0 Å². The fraction of sp³-hybridized carbons (Fsp3) is 0.429. The number of amides is 1. The van der Waals surface area contributed by atoms with Crippen molar-refractivity contribution in [1.29, 1.82) is 0 Å². The smallest absolute Gasteiger partial charge is 0.290 e. The Labute approximate surface area is 210 Å². The van der Waals surface area contributed by atoms with E-state index < -0.39 is 6.04 Å². The molecule has 0 radical (unpaired) electrons. The Bertz CT molecular complexity index is 1360. The number of methoxy groups -OCH3 is 2. The van der Waals surface area contributed by atoms with Crippen LogP contribution in [-0.2, 0) is 4.74 Å². The number of ether oxygens (including phenoxy) is 3. The zero-order chi connectivity index (χ0) is 25.4. The highest BCUT2D eigenvalue weighted by molar-refractivity contribution is 5.99. The molecule has 0 N–H and O–H groups in total. The Kier molecular flexibility index (Phi) is 6.73. The van der Waals surface area contributed by atoms with E-state index in [-0.39, 0.29) is 17.1 Å². The van der Waals surface area contributed by atoms with Crippen molar-refractivity contribution in [2.24, 2.45) is 0 Å². The normalized spacial score (nSPS) is 18.1. The van der Waals surface area contributed by atoms with Crippen LogP contribution in [-0.4, -0.2) is 69.3 Å². The molecule has 1 saturated heterocycles. The van der Waals surface area contributed by atoms with Gasteiger partial charge in [0, 0.05) is 26.2 Å². The van der Waals surface area contributed by atoms with Gasteiger partial charge in [-0.3, -0.25) is 14.5 Å². The van der Waals surface area contributed by atoms with E-state index in [1.807, 2.05) is 38.1 Å². The lowest BCUT2D eigenvalue weighted by atomic mass is 9.96. The van der Waals surface area contributed by atoms with Crippen LogP contribution >= 0.6 is 0 Å². The van der Waals surface area contributed by atoms with Crippen molar-refractivity contribution >= 4 is 16.9 Å². The summed E-state index contributed by atoms with van der Waals surface area (Å²) >= 11 is 0. The lowest BCUT2D eigenvalue weighted by Gasteiger charge is -2.29. The number of benzene rings is 2. The molecule has 0 saturated carbocycles. The summed E-state index contributed by atoms with van der Waals surface area (Å²) in [4.78, 5) is 31.7. The van der Waals surface area contributed by atoms with Crippen molar-refractivity contribution in [1.82, 2.24) is 9.80 Å². The summed E-state index contributed by atoms with van der Waals surface area (Å²) < 4.78 is 22.6. The molecule has 1 atom stereocenters. The average molecular weight is 493 g/mol. The summed E-state index contributed by atoms with van der Waals surface area (Å²) in [6, 6.07) is 8.75. The third-order valence-electron chi connectivity index (χ3n) is 7.11. The highest BCUT2D eigenvalue weighted by Gasteiger charge is 2.43. The predicted molar refractivity (Wildman–Crippen MR) is 136 cm³/mol. The Morgan fingerprint density at radius 1 is 0.972 bits per heavy atom. The second-order valence-corrected chi connectivity index (χ2v) is 9.45. The lowest BCUT2D eigenvalue weighted by Crippen LogP contribution is -2.38. The molecule has 3 heterocycles. The van der Waals surface area contributed by atoms with Crippen LogP contribution in [0.1, 0.15) is 45.3 Å². The summed E-state index contributed by atoms with van der Waals surface area (Å²) in [6.07, 6.45) is 0.773. The number of aryl methyl sites for hydroxylation is 2. The molecule has 0 unspecified atom stereocenters. The average Bonchev–Trinajstić information content (AvgIpc) is 3.15. The van der Waals surface area contributed by atoms with Crippen LogP contribution in [0.5, 0.6) is 11.5 Å². The highest BCUT2D eigenvalue weighted by Crippen LogP contribution is 2.41. The van der Waals surface area contributed by atoms with Crippen LogP contribution in [0.4, 0.5) is 0 Å². The van der Waals surface area contributed by atoms with Crippen LogP contribution in [0, 0.1) is 13.8 Å². The Balaban J connectivity index is 1.59. The molecule has 0 bridgehead atoms. The molecule has 2 aromatic carbocycles. The summed E-state index contributed by atoms with van der Waals surface area (Å²) in [5.74, 6) is 0.997. The molecular weight excluding hydrogens is 460 g/mol. The maximum absolute atomic E-state index is 13.9. The number of nitrogens with zero attached hydrogens (tertiary/aromatic N) is 2. The summed E-state index contributed by atoms with van der Waals surface area (Å²) in [5.41, 5.74) is 3.28. The predicted octanol–water partition coefficient (Wildman–Crippen LogP) is 3.69. The van der Waals surface area contributed by atoms with Gasteiger partial charge in [-0.1, -0.05) is 12.1 Å². The maximum Gasteiger partial charge on any atom is 0.290 e. The van der Waals surface area contributed by atoms with Gasteiger partial charge >= 0.3 is 0 Å². The van der Waals surface area contributed by atoms with E-state index in [1.165, 1.54) is 0 Å². The molecule has 2 aliphatic heterocycles. The molecule has 1 amide bonds. The van der Waals surface area contributed by atoms with Crippen LogP contribution < -0.4 is 14.9 Å². The third-order valence-corrected chi connectivity index (χ3v) is 7.11. The first-order valence-corrected chi connectivity index (χ1v) is 12.3. The maximum atomic E-state index is 13.9.